The lowest BCUT2D eigenvalue weighted by molar-refractivity contribution is 0.0888. The molecule has 0 atom stereocenters. The maximum atomic E-state index is 12.7. The molecule has 0 aliphatic heterocycles. The predicted molar refractivity (Wildman–Crippen MR) is 88.9 cm³/mol. The molecule has 0 amide bonds. The van der Waals surface area contributed by atoms with E-state index < -0.39 is 0 Å². The molecule has 1 saturated carbocycles. The molecule has 1 aliphatic carbocycles. The van der Waals surface area contributed by atoms with E-state index in [2.05, 4.69) is 0 Å². The summed E-state index contributed by atoms with van der Waals surface area (Å²) in [7, 11) is 0. The van der Waals surface area contributed by atoms with Crippen LogP contribution in [0.4, 0.5) is 0 Å². The fourth-order valence-electron chi connectivity index (χ4n) is 2.96. The van der Waals surface area contributed by atoms with Crippen LogP contribution in [-0.2, 0) is 0 Å². The monoisotopic (exact) mass is 304 g/mol. The van der Waals surface area contributed by atoms with Gasteiger partial charge in [-0.3, -0.25) is 4.79 Å². The first-order chi connectivity index (χ1) is 10.5. The summed E-state index contributed by atoms with van der Waals surface area (Å²) in [6.45, 7) is 7.93. The smallest absolute Gasteiger partial charge is 0.166 e. The van der Waals surface area contributed by atoms with Gasteiger partial charge in [-0.2, -0.15) is 0 Å². The van der Waals surface area contributed by atoms with Gasteiger partial charge < -0.3 is 9.47 Å². The number of ketones is 1. The van der Waals surface area contributed by atoms with Gasteiger partial charge in [0.1, 0.15) is 0 Å². The van der Waals surface area contributed by atoms with E-state index >= 15 is 0 Å². The zero-order valence-electron chi connectivity index (χ0n) is 14.2. The van der Waals surface area contributed by atoms with Gasteiger partial charge in [-0.25, -0.2) is 0 Å². The number of hydrogen-bond donors (Lipinski definition) is 0. The Morgan fingerprint density at radius 3 is 2.14 bits per heavy atom. The number of carbonyl (C=O) groups is 1. The van der Waals surface area contributed by atoms with Gasteiger partial charge in [0.25, 0.3) is 0 Å². The van der Waals surface area contributed by atoms with E-state index in [0.717, 1.165) is 18.4 Å². The number of hydrogen-bond acceptors (Lipinski definition) is 3. The lowest BCUT2D eigenvalue weighted by Crippen LogP contribution is -2.18. The maximum absolute atomic E-state index is 12.7. The molecule has 0 unspecified atom stereocenters. The molecule has 22 heavy (non-hydrogen) atoms. The highest BCUT2D eigenvalue weighted by atomic mass is 16.5. The van der Waals surface area contributed by atoms with Gasteiger partial charge in [0.05, 0.1) is 12.2 Å². The molecule has 0 radical (unpaired) electrons. The van der Waals surface area contributed by atoms with Crippen molar-refractivity contribution in [3.8, 4) is 11.5 Å². The molecule has 0 spiro atoms. The van der Waals surface area contributed by atoms with Crippen LogP contribution in [0.1, 0.15) is 70.2 Å². The van der Waals surface area contributed by atoms with E-state index in [1.54, 1.807) is 0 Å². The van der Waals surface area contributed by atoms with E-state index in [9.17, 15) is 4.79 Å². The third-order valence-electron chi connectivity index (χ3n) is 3.93. The van der Waals surface area contributed by atoms with E-state index in [1.807, 2.05) is 45.9 Å². The van der Waals surface area contributed by atoms with Gasteiger partial charge in [0.15, 0.2) is 17.3 Å². The van der Waals surface area contributed by atoms with E-state index in [0.29, 0.717) is 11.5 Å². The lowest BCUT2D eigenvalue weighted by Gasteiger charge is -2.22. The number of benzene rings is 1. The lowest BCUT2D eigenvalue weighted by atomic mass is 9.84. The molecule has 1 aromatic carbocycles. The average molecular weight is 304 g/mol. The predicted octanol–water partition coefficient (Wildman–Crippen LogP) is 5.02. The van der Waals surface area contributed by atoms with Gasteiger partial charge in [-0.05, 0) is 58.7 Å². The fourth-order valence-corrected chi connectivity index (χ4v) is 2.96. The summed E-state index contributed by atoms with van der Waals surface area (Å²) in [6, 6.07) is 5.60. The minimum Gasteiger partial charge on any atom is -0.487 e. The molecule has 0 N–H and O–H groups in total. The Morgan fingerprint density at radius 2 is 1.55 bits per heavy atom. The average Bonchev–Trinajstić information content (AvgIpc) is 2.48. The standard InChI is InChI=1S/C19H28O3/c1-13(2)21-17-11-10-16(12-18(17)22-14(3)4)19(20)15-8-6-5-7-9-15/h10-15H,5-9H2,1-4H3. The van der Waals surface area contributed by atoms with Crippen molar-refractivity contribution >= 4 is 5.78 Å². The molecule has 0 bridgehead atoms. The van der Waals surface area contributed by atoms with Crippen LogP contribution >= 0.6 is 0 Å². The molecule has 0 saturated heterocycles. The highest BCUT2D eigenvalue weighted by Crippen LogP contribution is 2.33. The van der Waals surface area contributed by atoms with Crippen LogP contribution < -0.4 is 9.47 Å². The van der Waals surface area contributed by atoms with Crippen molar-refractivity contribution < 1.29 is 14.3 Å². The van der Waals surface area contributed by atoms with Crippen molar-refractivity contribution in [3.05, 3.63) is 23.8 Å². The third-order valence-corrected chi connectivity index (χ3v) is 3.93. The largest absolute Gasteiger partial charge is 0.487 e. The molecule has 2 rings (SSSR count). The van der Waals surface area contributed by atoms with Crippen LogP contribution in [0.2, 0.25) is 0 Å². The Morgan fingerprint density at radius 1 is 0.955 bits per heavy atom. The Balaban J connectivity index is 2.22. The van der Waals surface area contributed by atoms with E-state index in [1.165, 1.54) is 19.3 Å². The first-order valence-corrected chi connectivity index (χ1v) is 8.49. The topological polar surface area (TPSA) is 35.5 Å². The zero-order chi connectivity index (χ0) is 16.1. The Kier molecular flexibility index (Phi) is 5.87. The van der Waals surface area contributed by atoms with Gasteiger partial charge in [-0.15, -0.1) is 0 Å². The quantitative estimate of drug-likeness (QED) is 0.692. The molecule has 0 heterocycles. The van der Waals surface area contributed by atoms with Gasteiger partial charge in [0.2, 0.25) is 0 Å². The summed E-state index contributed by atoms with van der Waals surface area (Å²) in [5.74, 6) is 1.82. The van der Waals surface area contributed by atoms with Crippen molar-refractivity contribution in [2.45, 2.75) is 72.0 Å². The normalized spacial score (nSPS) is 16.1. The van der Waals surface area contributed by atoms with Crippen LogP contribution in [0.5, 0.6) is 11.5 Å². The summed E-state index contributed by atoms with van der Waals surface area (Å²) < 4.78 is 11.6. The van der Waals surface area contributed by atoms with Crippen molar-refractivity contribution in [2.75, 3.05) is 0 Å². The molecule has 1 fully saturated rings. The van der Waals surface area contributed by atoms with Crippen molar-refractivity contribution in [1.82, 2.24) is 0 Å². The maximum Gasteiger partial charge on any atom is 0.166 e. The highest BCUT2D eigenvalue weighted by molar-refractivity contribution is 5.98. The number of carbonyl (C=O) groups excluding carboxylic acids is 1. The molecule has 122 valence electrons. The van der Waals surface area contributed by atoms with Crippen molar-refractivity contribution in [1.29, 1.82) is 0 Å². The minimum atomic E-state index is 0.0505. The second kappa shape index (κ2) is 7.66. The second-order valence-corrected chi connectivity index (χ2v) is 6.69. The minimum absolute atomic E-state index is 0.0505. The molecular formula is C19H28O3. The van der Waals surface area contributed by atoms with Crippen LogP contribution in [0.15, 0.2) is 18.2 Å². The molecule has 1 aromatic rings. The molecular weight excluding hydrogens is 276 g/mol. The molecule has 3 heteroatoms. The van der Waals surface area contributed by atoms with Gasteiger partial charge >= 0.3 is 0 Å². The fraction of sp³-hybridized carbons (Fsp3) is 0.632. The van der Waals surface area contributed by atoms with Gasteiger partial charge in [-0.1, -0.05) is 19.3 Å². The van der Waals surface area contributed by atoms with Crippen LogP contribution in [0.25, 0.3) is 0 Å². The van der Waals surface area contributed by atoms with Crippen LogP contribution in [0.3, 0.4) is 0 Å². The number of Topliss-reactive ketones (excluding diaryl/α,β-unsaturated/α-hetero) is 1. The first kappa shape index (κ1) is 16.9. The Hall–Kier alpha value is -1.51. The van der Waals surface area contributed by atoms with Crippen LogP contribution in [0, 0.1) is 5.92 Å². The summed E-state index contributed by atoms with van der Waals surface area (Å²) in [4.78, 5) is 12.7. The molecule has 0 aromatic heterocycles. The number of ether oxygens (including phenoxy) is 2. The van der Waals surface area contributed by atoms with Crippen molar-refractivity contribution in [3.63, 3.8) is 0 Å². The SMILES string of the molecule is CC(C)Oc1ccc(C(=O)C2CCCCC2)cc1OC(C)C. The number of rotatable bonds is 6. The highest BCUT2D eigenvalue weighted by Gasteiger charge is 2.23. The molecule has 3 nitrogen and oxygen atoms in total. The third kappa shape index (κ3) is 4.49. The second-order valence-electron chi connectivity index (χ2n) is 6.69. The first-order valence-electron chi connectivity index (χ1n) is 8.49. The summed E-state index contributed by atoms with van der Waals surface area (Å²) in [6.07, 6.45) is 5.75. The Labute approximate surface area is 134 Å². The summed E-state index contributed by atoms with van der Waals surface area (Å²) in [5, 5.41) is 0. The summed E-state index contributed by atoms with van der Waals surface area (Å²) in [5.41, 5.74) is 0.749. The zero-order valence-corrected chi connectivity index (χ0v) is 14.2. The van der Waals surface area contributed by atoms with E-state index in [-0.39, 0.29) is 23.9 Å². The van der Waals surface area contributed by atoms with E-state index in [4.69, 9.17) is 9.47 Å². The van der Waals surface area contributed by atoms with Crippen molar-refractivity contribution in [2.24, 2.45) is 5.92 Å². The van der Waals surface area contributed by atoms with Gasteiger partial charge in [0, 0.05) is 11.5 Å². The Bertz CT molecular complexity index is 499. The summed E-state index contributed by atoms with van der Waals surface area (Å²) >= 11 is 0. The van der Waals surface area contributed by atoms with Crippen LogP contribution in [-0.4, -0.2) is 18.0 Å². The molecule has 1 aliphatic rings.